The summed E-state index contributed by atoms with van der Waals surface area (Å²) in [6.45, 7) is 0. The number of rotatable bonds is 3. The average molecular weight is 262 g/mol. The molecule has 4 nitrogen and oxygen atoms in total. The van der Waals surface area contributed by atoms with Gasteiger partial charge in [-0.25, -0.2) is 13.4 Å². The molecule has 0 unspecified atom stereocenters. The predicted octanol–water partition coefficient (Wildman–Crippen LogP) is 2.19. The Morgan fingerprint density at radius 2 is 1.72 bits per heavy atom. The van der Waals surface area contributed by atoms with Gasteiger partial charge in [-0.05, 0) is 35.4 Å². The fourth-order valence-corrected chi connectivity index (χ4v) is 2.27. The van der Waals surface area contributed by atoms with Gasteiger partial charge in [0.15, 0.2) is 9.84 Å². The highest BCUT2D eigenvalue weighted by Crippen LogP contribution is 2.22. The lowest BCUT2D eigenvalue weighted by molar-refractivity contribution is 0.602. The first-order valence-corrected chi connectivity index (χ1v) is 7.34. The second-order valence-electron chi connectivity index (χ2n) is 3.98. The molecule has 2 rings (SSSR count). The molecule has 0 saturated heterocycles. The van der Waals surface area contributed by atoms with E-state index in [1.807, 2.05) is 12.1 Å². The monoisotopic (exact) mass is 262 g/mol. The minimum atomic E-state index is -3.14. The summed E-state index contributed by atoms with van der Waals surface area (Å²) >= 11 is 0. The van der Waals surface area contributed by atoms with Gasteiger partial charge in [-0.2, -0.15) is 0 Å². The van der Waals surface area contributed by atoms with Crippen LogP contribution in [0.2, 0.25) is 0 Å². The molecule has 0 bridgehead atoms. The number of hydrogen-bond acceptors (Lipinski definition) is 4. The van der Waals surface area contributed by atoms with Crippen LogP contribution < -0.4 is 5.32 Å². The summed E-state index contributed by atoms with van der Waals surface area (Å²) in [7, 11) is -1.33. The van der Waals surface area contributed by atoms with Crippen LogP contribution in [-0.4, -0.2) is 26.7 Å². The molecule has 94 valence electrons. The fourth-order valence-electron chi connectivity index (χ4n) is 1.64. The zero-order chi connectivity index (χ0) is 13.2. The lowest BCUT2D eigenvalue weighted by Crippen LogP contribution is -1.96. The van der Waals surface area contributed by atoms with Crippen molar-refractivity contribution in [3.05, 3.63) is 42.6 Å². The maximum Gasteiger partial charge on any atom is 0.175 e. The molecule has 5 heteroatoms. The number of sulfone groups is 1. The maximum absolute atomic E-state index is 11.4. The highest BCUT2D eigenvalue weighted by Gasteiger charge is 2.07. The van der Waals surface area contributed by atoms with Gasteiger partial charge in [0.05, 0.1) is 4.90 Å². The number of aromatic nitrogens is 1. The number of anilines is 1. The SMILES string of the molecule is CNc1cc(-c2ccc(S(C)(=O)=O)cc2)ccn1. The lowest BCUT2D eigenvalue weighted by atomic mass is 10.1. The van der Waals surface area contributed by atoms with Crippen molar-refractivity contribution in [3.8, 4) is 11.1 Å². The van der Waals surface area contributed by atoms with E-state index in [2.05, 4.69) is 10.3 Å². The van der Waals surface area contributed by atoms with E-state index in [0.29, 0.717) is 4.90 Å². The first-order valence-electron chi connectivity index (χ1n) is 5.45. The van der Waals surface area contributed by atoms with Gasteiger partial charge in [-0.3, -0.25) is 0 Å². The molecule has 1 aromatic carbocycles. The zero-order valence-electron chi connectivity index (χ0n) is 10.2. The number of nitrogens with zero attached hydrogens (tertiary/aromatic N) is 1. The molecule has 0 atom stereocenters. The predicted molar refractivity (Wildman–Crippen MR) is 72.3 cm³/mol. The quantitative estimate of drug-likeness (QED) is 0.921. The molecular formula is C13H14N2O2S. The molecule has 0 saturated carbocycles. The Balaban J connectivity index is 2.40. The summed E-state index contributed by atoms with van der Waals surface area (Å²) in [5, 5.41) is 2.97. The summed E-state index contributed by atoms with van der Waals surface area (Å²) in [4.78, 5) is 4.46. The highest BCUT2D eigenvalue weighted by molar-refractivity contribution is 7.90. The van der Waals surface area contributed by atoms with Crippen molar-refractivity contribution in [2.24, 2.45) is 0 Å². The summed E-state index contributed by atoms with van der Waals surface area (Å²) in [6, 6.07) is 10.6. The van der Waals surface area contributed by atoms with Crippen LogP contribution in [0.25, 0.3) is 11.1 Å². The molecule has 0 aliphatic carbocycles. The van der Waals surface area contributed by atoms with Crippen molar-refractivity contribution in [1.82, 2.24) is 4.98 Å². The minimum absolute atomic E-state index is 0.328. The van der Waals surface area contributed by atoms with Crippen LogP contribution in [0.1, 0.15) is 0 Å². The highest BCUT2D eigenvalue weighted by atomic mass is 32.2. The van der Waals surface area contributed by atoms with Crippen molar-refractivity contribution in [1.29, 1.82) is 0 Å². The first kappa shape index (κ1) is 12.6. The molecule has 1 N–H and O–H groups in total. The third-order valence-electron chi connectivity index (χ3n) is 2.63. The molecular weight excluding hydrogens is 248 g/mol. The molecule has 0 amide bonds. The third-order valence-corrected chi connectivity index (χ3v) is 3.76. The van der Waals surface area contributed by atoms with Gasteiger partial charge < -0.3 is 5.32 Å². The van der Waals surface area contributed by atoms with E-state index >= 15 is 0 Å². The van der Waals surface area contributed by atoms with Gasteiger partial charge in [-0.1, -0.05) is 12.1 Å². The van der Waals surface area contributed by atoms with Gasteiger partial charge in [0.1, 0.15) is 5.82 Å². The Kier molecular flexibility index (Phi) is 3.34. The molecule has 1 aromatic heterocycles. The van der Waals surface area contributed by atoms with E-state index in [0.717, 1.165) is 16.9 Å². The maximum atomic E-state index is 11.4. The largest absolute Gasteiger partial charge is 0.373 e. The summed E-state index contributed by atoms with van der Waals surface area (Å²) in [6.07, 6.45) is 2.92. The normalized spacial score (nSPS) is 11.2. The van der Waals surface area contributed by atoms with Crippen LogP contribution >= 0.6 is 0 Å². The van der Waals surface area contributed by atoms with Crippen LogP contribution in [0.4, 0.5) is 5.82 Å². The van der Waals surface area contributed by atoms with Crippen molar-refractivity contribution >= 4 is 15.7 Å². The van der Waals surface area contributed by atoms with Crippen LogP contribution in [0.5, 0.6) is 0 Å². The molecule has 0 radical (unpaired) electrons. The Hall–Kier alpha value is -1.88. The Bertz CT molecular complexity index is 649. The van der Waals surface area contributed by atoms with Crippen molar-refractivity contribution in [2.45, 2.75) is 4.90 Å². The number of pyridine rings is 1. The smallest absolute Gasteiger partial charge is 0.175 e. The Labute approximate surface area is 107 Å². The zero-order valence-corrected chi connectivity index (χ0v) is 11.0. The van der Waals surface area contributed by atoms with Crippen molar-refractivity contribution in [2.75, 3.05) is 18.6 Å². The lowest BCUT2D eigenvalue weighted by Gasteiger charge is -2.05. The van der Waals surface area contributed by atoms with Gasteiger partial charge in [0.25, 0.3) is 0 Å². The Morgan fingerprint density at radius 3 is 2.28 bits per heavy atom. The van der Waals surface area contributed by atoms with Crippen molar-refractivity contribution < 1.29 is 8.42 Å². The molecule has 0 aliphatic rings. The van der Waals surface area contributed by atoms with E-state index in [4.69, 9.17) is 0 Å². The van der Waals surface area contributed by atoms with Gasteiger partial charge >= 0.3 is 0 Å². The van der Waals surface area contributed by atoms with E-state index in [-0.39, 0.29) is 0 Å². The molecule has 0 fully saturated rings. The summed E-state index contributed by atoms with van der Waals surface area (Å²) in [5.41, 5.74) is 1.95. The van der Waals surface area contributed by atoms with Gasteiger partial charge in [0.2, 0.25) is 0 Å². The average Bonchev–Trinajstić information content (AvgIpc) is 2.38. The molecule has 18 heavy (non-hydrogen) atoms. The molecule has 0 aliphatic heterocycles. The number of nitrogens with one attached hydrogen (secondary N) is 1. The number of benzene rings is 1. The second kappa shape index (κ2) is 4.78. The Morgan fingerprint density at radius 1 is 1.06 bits per heavy atom. The standard InChI is InChI=1S/C13H14N2O2S/c1-14-13-9-11(7-8-15-13)10-3-5-12(6-4-10)18(2,16)17/h3-9H,1-2H3,(H,14,15). The van der Waals surface area contributed by atoms with E-state index < -0.39 is 9.84 Å². The van der Waals surface area contributed by atoms with Crippen LogP contribution in [-0.2, 0) is 9.84 Å². The fraction of sp³-hybridized carbons (Fsp3) is 0.154. The molecule has 0 spiro atoms. The summed E-state index contributed by atoms with van der Waals surface area (Å²) < 4.78 is 22.7. The topological polar surface area (TPSA) is 59.1 Å². The van der Waals surface area contributed by atoms with Crippen LogP contribution in [0, 0.1) is 0 Å². The molecule has 1 heterocycles. The van der Waals surface area contributed by atoms with E-state index in [1.54, 1.807) is 37.5 Å². The molecule has 2 aromatic rings. The second-order valence-corrected chi connectivity index (χ2v) is 5.99. The number of hydrogen-bond donors (Lipinski definition) is 1. The van der Waals surface area contributed by atoms with Crippen LogP contribution in [0.15, 0.2) is 47.5 Å². The van der Waals surface area contributed by atoms with Crippen molar-refractivity contribution in [3.63, 3.8) is 0 Å². The van der Waals surface area contributed by atoms with E-state index in [1.165, 1.54) is 6.26 Å². The minimum Gasteiger partial charge on any atom is -0.373 e. The summed E-state index contributed by atoms with van der Waals surface area (Å²) in [5.74, 6) is 0.777. The van der Waals surface area contributed by atoms with Gasteiger partial charge in [0, 0.05) is 19.5 Å². The third kappa shape index (κ3) is 2.68. The van der Waals surface area contributed by atoms with E-state index in [9.17, 15) is 8.42 Å². The first-order chi connectivity index (χ1) is 8.50. The van der Waals surface area contributed by atoms with Crippen LogP contribution in [0.3, 0.4) is 0 Å². The van der Waals surface area contributed by atoms with Gasteiger partial charge in [-0.15, -0.1) is 0 Å².